The van der Waals surface area contributed by atoms with E-state index in [1.807, 2.05) is 36.2 Å². The highest BCUT2D eigenvalue weighted by atomic mass is 16.5. The van der Waals surface area contributed by atoms with Crippen LogP contribution in [0.1, 0.15) is 12.5 Å². The number of fused-ring (bicyclic) bond motifs is 1. The van der Waals surface area contributed by atoms with Gasteiger partial charge in [-0.1, -0.05) is 18.2 Å². The highest BCUT2D eigenvalue weighted by Crippen LogP contribution is 2.29. The predicted octanol–water partition coefficient (Wildman–Crippen LogP) is 1.09. The summed E-state index contributed by atoms with van der Waals surface area (Å²) in [5.74, 6) is -0.00445. The van der Waals surface area contributed by atoms with E-state index in [9.17, 15) is 4.79 Å². The van der Waals surface area contributed by atoms with Gasteiger partial charge < -0.3 is 9.64 Å². The van der Waals surface area contributed by atoms with Crippen molar-refractivity contribution in [3.05, 3.63) is 29.8 Å². The van der Waals surface area contributed by atoms with Crippen LogP contribution >= 0.6 is 0 Å². The third-order valence-corrected chi connectivity index (χ3v) is 3.44. The molecule has 0 saturated carbocycles. The van der Waals surface area contributed by atoms with Gasteiger partial charge in [0, 0.05) is 12.1 Å². The zero-order valence-corrected chi connectivity index (χ0v) is 11.0. The molecule has 1 aromatic carbocycles. The summed E-state index contributed by atoms with van der Waals surface area (Å²) in [6, 6.07) is 7.83. The van der Waals surface area contributed by atoms with Crippen molar-refractivity contribution in [2.45, 2.75) is 6.92 Å². The van der Waals surface area contributed by atoms with Crippen LogP contribution in [-0.4, -0.2) is 49.5 Å². The largest absolute Gasteiger partial charge is 0.378 e. The van der Waals surface area contributed by atoms with E-state index in [-0.39, 0.29) is 5.91 Å². The van der Waals surface area contributed by atoms with Crippen LogP contribution in [0, 0.1) is 0 Å². The molecular weight excluding hydrogens is 242 g/mol. The molecule has 0 atom stereocenters. The monoisotopic (exact) mass is 259 g/mol. The second-order valence-corrected chi connectivity index (χ2v) is 4.58. The second kappa shape index (κ2) is 5.01. The fourth-order valence-corrected chi connectivity index (χ4v) is 2.47. The molecule has 100 valence electrons. The molecule has 0 N–H and O–H groups in total. The van der Waals surface area contributed by atoms with E-state index in [1.165, 1.54) is 0 Å². The minimum atomic E-state index is -0.00445. The summed E-state index contributed by atoms with van der Waals surface area (Å²) in [7, 11) is 0. The normalized spacial score (nSPS) is 21.1. The number of likely N-dealkylation sites (N-methyl/N-ethyl adjacent to an activating group) is 1. The summed E-state index contributed by atoms with van der Waals surface area (Å²) >= 11 is 0. The summed E-state index contributed by atoms with van der Waals surface area (Å²) in [6.45, 7) is 5.47. The molecule has 0 aliphatic carbocycles. The van der Waals surface area contributed by atoms with Gasteiger partial charge >= 0.3 is 0 Å². The number of carbonyl (C=O) groups excluding carboxylic acids is 1. The molecule has 2 heterocycles. The molecule has 0 bridgehead atoms. The van der Waals surface area contributed by atoms with Crippen molar-refractivity contribution in [3.8, 4) is 0 Å². The number of ether oxygens (including phenoxy) is 1. The van der Waals surface area contributed by atoms with Crippen molar-refractivity contribution in [2.24, 2.45) is 5.10 Å². The molecule has 0 radical (unpaired) electrons. The average Bonchev–Trinajstić information content (AvgIpc) is 2.73. The van der Waals surface area contributed by atoms with Gasteiger partial charge in [0.2, 0.25) is 0 Å². The topological polar surface area (TPSA) is 45.1 Å². The fourth-order valence-electron chi connectivity index (χ4n) is 2.47. The number of nitrogens with zero attached hydrogens (tertiary/aromatic N) is 3. The quantitative estimate of drug-likeness (QED) is 0.798. The lowest BCUT2D eigenvalue weighted by Gasteiger charge is -2.24. The number of rotatable bonds is 2. The second-order valence-electron chi connectivity index (χ2n) is 4.58. The van der Waals surface area contributed by atoms with Crippen molar-refractivity contribution < 1.29 is 9.53 Å². The molecule has 0 unspecified atom stereocenters. The van der Waals surface area contributed by atoms with E-state index in [4.69, 9.17) is 4.74 Å². The number of morpholine rings is 1. The molecule has 1 amide bonds. The third kappa shape index (κ3) is 2.10. The van der Waals surface area contributed by atoms with Crippen molar-refractivity contribution >= 4 is 17.3 Å². The van der Waals surface area contributed by atoms with Crippen molar-refractivity contribution in [3.63, 3.8) is 0 Å². The summed E-state index contributed by atoms with van der Waals surface area (Å²) in [5.41, 5.74) is 2.45. The van der Waals surface area contributed by atoms with Gasteiger partial charge in [0.25, 0.3) is 5.91 Å². The molecule has 0 spiro atoms. The average molecular weight is 259 g/mol. The maximum absolute atomic E-state index is 12.4. The summed E-state index contributed by atoms with van der Waals surface area (Å²) < 4.78 is 5.30. The Balaban J connectivity index is 1.97. The fraction of sp³-hybridized carbons (Fsp3) is 0.429. The van der Waals surface area contributed by atoms with Gasteiger partial charge in [-0.2, -0.15) is 5.10 Å². The molecule has 1 fully saturated rings. The van der Waals surface area contributed by atoms with E-state index in [1.54, 1.807) is 4.90 Å². The predicted molar refractivity (Wildman–Crippen MR) is 73.4 cm³/mol. The van der Waals surface area contributed by atoms with Gasteiger partial charge in [-0.3, -0.25) is 9.80 Å². The van der Waals surface area contributed by atoms with Gasteiger partial charge in [-0.15, -0.1) is 0 Å². The van der Waals surface area contributed by atoms with Gasteiger partial charge in [0.05, 0.1) is 32.0 Å². The number of hydrogen-bond donors (Lipinski definition) is 0. The zero-order valence-electron chi connectivity index (χ0n) is 11.0. The molecule has 0 aromatic heterocycles. The lowest BCUT2D eigenvalue weighted by Crippen LogP contribution is -2.35. The Morgan fingerprint density at radius 2 is 2.00 bits per heavy atom. The lowest BCUT2D eigenvalue weighted by atomic mass is 10.1. The van der Waals surface area contributed by atoms with Crippen LogP contribution < -0.4 is 4.90 Å². The Hall–Kier alpha value is -1.88. The molecular formula is C14H17N3O2. The van der Waals surface area contributed by atoms with Crippen LogP contribution in [0.15, 0.2) is 29.4 Å². The van der Waals surface area contributed by atoms with Gasteiger partial charge in [0.1, 0.15) is 0 Å². The Kier molecular flexibility index (Phi) is 3.21. The molecule has 19 heavy (non-hydrogen) atoms. The van der Waals surface area contributed by atoms with Crippen molar-refractivity contribution in [1.82, 2.24) is 5.01 Å². The number of benzene rings is 1. The third-order valence-electron chi connectivity index (χ3n) is 3.44. The van der Waals surface area contributed by atoms with Crippen LogP contribution in [-0.2, 0) is 9.53 Å². The molecule has 2 aliphatic rings. The number of amides is 1. The SMILES string of the molecule is CCN1C(=O)/C(=N\N2CCOCC2)c2ccccc21. The van der Waals surface area contributed by atoms with E-state index >= 15 is 0 Å². The smallest absolute Gasteiger partial charge is 0.279 e. The van der Waals surface area contributed by atoms with E-state index in [2.05, 4.69) is 5.10 Å². The van der Waals surface area contributed by atoms with Gasteiger partial charge in [-0.25, -0.2) is 0 Å². The highest BCUT2D eigenvalue weighted by molar-refractivity contribution is 6.54. The summed E-state index contributed by atoms with van der Waals surface area (Å²) in [5, 5.41) is 6.46. The number of hydrogen-bond acceptors (Lipinski definition) is 4. The lowest BCUT2D eigenvalue weighted by molar-refractivity contribution is -0.112. The molecule has 3 rings (SSSR count). The van der Waals surface area contributed by atoms with Crippen molar-refractivity contribution in [2.75, 3.05) is 37.7 Å². The minimum Gasteiger partial charge on any atom is -0.378 e. The summed E-state index contributed by atoms with van der Waals surface area (Å²) in [6.07, 6.45) is 0. The van der Waals surface area contributed by atoms with E-state index in [0.29, 0.717) is 25.5 Å². The molecule has 5 heteroatoms. The maximum Gasteiger partial charge on any atom is 0.279 e. The van der Waals surface area contributed by atoms with Crippen molar-refractivity contribution in [1.29, 1.82) is 0 Å². The zero-order chi connectivity index (χ0) is 13.2. The maximum atomic E-state index is 12.4. The Bertz CT molecular complexity index is 521. The number of anilines is 1. The Labute approximate surface area is 112 Å². The number of hydrazone groups is 1. The van der Waals surface area contributed by atoms with Crippen LogP contribution in [0.25, 0.3) is 0 Å². The Morgan fingerprint density at radius 1 is 1.26 bits per heavy atom. The first-order valence-electron chi connectivity index (χ1n) is 6.64. The first kappa shape index (κ1) is 12.2. The molecule has 5 nitrogen and oxygen atoms in total. The highest BCUT2D eigenvalue weighted by Gasteiger charge is 2.33. The van der Waals surface area contributed by atoms with Crippen LogP contribution in [0.2, 0.25) is 0 Å². The number of para-hydroxylation sites is 1. The van der Waals surface area contributed by atoms with Gasteiger partial charge in [0.15, 0.2) is 5.71 Å². The standard InChI is InChI=1S/C14H17N3O2/c1-2-17-12-6-4-3-5-11(12)13(14(17)18)15-16-7-9-19-10-8-16/h3-6H,2,7-10H2,1H3/b15-13-. The molecule has 2 aliphatic heterocycles. The number of carbonyl (C=O) groups is 1. The van der Waals surface area contributed by atoms with Crippen LogP contribution in [0.4, 0.5) is 5.69 Å². The first-order chi connectivity index (χ1) is 9.31. The molecule has 1 aromatic rings. The molecule has 1 saturated heterocycles. The van der Waals surface area contributed by atoms with Crippen LogP contribution in [0.5, 0.6) is 0 Å². The Morgan fingerprint density at radius 3 is 2.74 bits per heavy atom. The first-order valence-corrected chi connectivity index (χ1v) is 6.64. The van der Waals surface area contributed by atoms with Gasteiger partial charge in [-0.05, 0) is 13.0 Å². The van der Waals surface area contributed by atoms with E-state index in [0.717, 1.165) is 24.3 Å². The summed E-state index contributed by atoms with van der Waals surface area (Å²) in [4.78, 5) is 14.2. The van der Waals surface area contributed by atoms with Crippen LogP contribution in [0.3, 0.4) is 0 Å². The van der Waals surface area contributed by atoms with E-state index < -0.39 is 0 Å². The minimum absolute atomic E-state index is 0.00445.